The van der Waals surface area contributed by atoms with Crippen LogP contribution in [0.2, 0.25) is 0 Å². The second kappa shape index (κ2) is 7.11. The van der Waals surface area contributed by atoms with Gasteiger partial charge in [-0.3, -0.25) is 4.79 Å². The van der Waals surface area contributed by atoms with Gasteiger partial charge in [0, 0.05) is 12.6 Å². The van der Waals surface area contributed by atoms with Crippen molar-refractivity contribution in [3.05, 3.63) is 35.9 Å². The van der Waals surface area contributed by atoms with E-state index in [0.29, 0.717) is 6.54 Å². The molecule has 1 aromatic carbocycles. The molecule has 2 atom stereocenters. The SMILES string of the molecule is COC(=O)[C@@H]1CCCN(C(=O)OCc2ccccc2)[C@H]1C. The summed E-state index contributed by atoms with van der Waals surface area (Å²) in [6.07, 6.45) is 1.15. The first-order valence-electron chi connectivity index (χ1n) is 7.18. The molecule has 2 rings (SSSR count). The van der Waals surface area contributed by atoms with Crippen LogP contribution in [0, 0.1) is 5.92 Å². The van der Waals surface area contributed by atoms with E-state index in [-0.39, 0.29) is 30.6 Å². The number of esters is 1. The lowest BCUT2D eigenvalue weighted by atomic mass is 9.90. The molecule has 0 bridgehead atoms. The molecule has 0 N–H and O–H groups in total. The number of amides is 1. The van der Waals surface area contributed by atoms with Crippen LogP contribution < -0.4 is 0 Å². The van der Waals surface area contributed by atoms with Gasteiger partial charge in [-0.05, 0) is 25.3 Å². The summed E-state index contributed by atoms with van der Waals surface area (Å²) in [6, 6.07) is 9.34. The molecule has 5 nitrogen and oxygen atoms in total. The molecule has 1 aliphatic rings. The Kier molecular flexibility index (Phi) is 5.20. The van der Waals surface area contributed by atoms with Crippen LogP contribution in [0.3, 0.4) is 0 Å². The lowest BCUT2D eigenvalue weighted by Crippen LogP contribution is -2.49. The summed E-state index contributed by atoms with van der Waals surface area (Å²) >= 11 is 0. The second-order valence-electron chi connectivity index (χ2n) is 5.25. The van der Waals surface area contributed by atoms with Crippen molar-refractivity contribution in [1.29, 1.82) is 0 Å². The minimum atomic E-state index is -0.375. The number of piperidine rings is 1. The third-order valence-corrected chi connectivity index (χ3v) is 3.93. The molecule has 1 saturated heterocycles. The molecule has 0 spiro atoms. The summed E-state index contributed by atoms with van der Waals surface area (Å²) in [6.45, 7) is 2.72. The molecule has 0 radical (unpaired) electrons. The molecule has 0 saturated carbocycles. The Balaban J connectivity index is 1.93. The highest BCUT2D eigenvalue weighted by Gasteiger charge is 2.36. The zero-order valence-corrected chi connectivity index (χ0v) is 12.5. The van der Waals surface area contributed by atoms with Gasteiger partial charge in [-0.25, -0.2) is 4.79 Å². The molecular formula is C16H21NO4. The molecule has 1 aliphatic heterocycles. The third kappa shape index (κ3) is 3.74. The van der Waals surface area contributed by atoms with E-state index in [0.717, 1.165) is 18.4 Å². The molecule has 21 heavy (non-hydrogen) atoms. The van der Waals surface area contributed by atoms with Gasteiger partial charge in [-0.1, -0.05) is 30.3 Å². The number of hydrogen-bond donors (Lipinski definition) is 0. The minimum absolute atomic E-state index is 0.200. The van der Waals surface area contributed by atoms with E-state index < -0.39 is 0 Å². The van der Waals surface area contributed by atoms with Gasteiger partial charge >= 0.3 is 12.1 Å². The Morgan fingerprint density at radius 3 is 2.67 bits per heavy atom. The standard InChI is InChI=1S/C16H21NO4/c1-12-14(15(18)20-2)9-6-10-17(12)16(19)21-11-13-7-4-3-5-8-13/h3-5,7-8,12,14H,6,9-11H2,1-2H3/t12-,14+/m0/s1. The van der Waals surface area contributed by atoms with Crippen molar-refractivity contribution in [2.24, 2.45) is 5.92 Å². The van der Waals surface area contributed by atoms with Crippen molar-refractivity contribution in [1.82, 2.24) is 4.90 Å². The monoisotopic (exact) mass is 291 g/mol. The van der Waals surface area contributed by atoms with Crippen molar-refractivity contribution in [2.75, 3.05) is 13.7 Å². The fraction of sp³-hybridized carbons (Fsp3) is 0.500. The predicted octanol–water partition coefficient (Wildman–Crippen LogP) is 2.60. The van der Waals surface area contributed by atoms with Gasteiger partial charge in [0.1, 0.15) is 6.61 Å². The van der Waals surface area contributed by atoms with Gasteiger partial charge < -0.3 is 14.4 Å². The third-order valence-electron chi connectivity index (χ3n) is 3.93. The highest BCUT2D eigenvalue weighted by Crippen LogP contribution is 2.25. The Labute approximate surface area is 124 Å². The number of likely N-dealkylation sites (tertiary alicyclic amines) is 1. The van der Waals surface area contributed by atoms with Crippen LogP contribution in [0.25, 0.3) is 0 Å². The largest absolute Gasteiger partial charge is 0.469 e. The highest BCUT2D eigenvalue weighted by molar-refractivity contribution is 5.75. The smallest absolute Gasteiger partial charge is 0.410 e. The van der Waals surface area contributed by atoms with Gasteiger partial charge in [0.2, 0.25) is 0 Å². The number of nitrogens with zero attached hydrogens (tertiary/aromatic N) is 1. The lowest BCUT2D eigenvalue weighted by molar-refractivity contribution is -0.148. The summed E-state index contributed by atoms with van der Waals surface area (Å²) in [5.74, 6) is -0.531. The number of rotatable bonds is 3. The predicted molar refractivity (Wildman–Crippen MR) is 77.5 cm³/mol. The van der Waals surface area contributed by atoms with E-state index in [1.54, 1.807) is 4.90 Å². The second-order valence-corrected chi connectivity index (χ2v) is 5.25. The summed E-state index contributed by atoms with van der Waals surface area (Å²) in [5.41, 5.74) is 0.944. The van der Waals surface area contributed by atoms with Gasteiger partial charge in [0.15, 0.2) is 0 Å². The molecule has 0 unspecified atom stereocenters. The molecule has 1 amide bonds. The van der Waals surface area contributed by atoms with Gasteiger partial charge in [0.25, 0.3) is 0 Å². The van der Waals surface area contributed by atoms with E-state index in [1.807, 2.05) is 37.3 Å². The molecule has 0 aromatic heterocycles. The average molecular weight is 291 g/mol. The van der Waals surface area contributed by atoms with Crippen molar-refractivity contribution in [3.8, 4) is 0 Å². The number of benzene rings is 1. The summed E-state index contributed by atoms with van der Waals surface area (Å²) in [4.78, 5) is 25.5. The van der Waals surface area contributed by atoms with E-state index in [2.05, 4.69) is 0 Å². The van der Waals surface area contributed by atoms with Crippen molar-refractivity contribution in [3.63, 3.8) is 0 Å². The summed E-state index contributed by atoms with van der Waals surface area (Å²) in [5, 5.41) is 0. The number of ether oxygens (including phenoxy) is 2. The Hall–Kier alpha value is -2.04. The van der Waals surface area contributed by atoms with Crippen LogP contribution in [0.4, 0.5) is 4.79 Å². The number of methoxy groups -OCH3 is 1. The molecule has 1 aromatic rings. The van der Waals surface area contributed by atoms with E-state index in [9.17, 15) is 9.59 Å². The summed E-state index contributed by atoms with van der Waals surface area (Å²) in [7, 11) is 1.38. The number of carbonyl (C=O) groups excluding carboxylic acids is 2. The van der Waals surface area contributed by atoms with E-state index >= 15 is 0 Å². The van der Waals surface area contributed by atoms with E-state index in [4.69, 9.17) is 9.47 Å². The molecule has 5 heteroatoms. The first kappa shape index (κ1) is 15.4. The molecule has 0 aliphatic carbocycles. The highest BCUT2D eigenvalue weighted by atomic mass is 16.6. The first-order chi connectivity index (χ1) is 10.1. The van der Waals surface area contributed by atoms with Gasteiger partial charge in [0.05, 0.1) is 13.0 Å². The maximum Gasteiger partial charge on any atom is 0.410 e. The topological polar surface area (TPSA) is 55.8 Å². The Morgan fingerprint density at radius 2 is 2.00 bits per heavy atom. The minimum Gasteiger partial charge on any atom is -0.469 e. The lowest BCUT2D eigenvalue weighted by Gasteiger charge is -2.37. The fourth-order valence-corrected chi connectivity index (χ4v) is 2.67. The van der Waals surface area contributed by atoms with E-state index in [1.165, 1.54) is 7.11 Å². The van der Waals surface area contributed by atoms with Gasteiger partial charge in [-0.15, -0.1) is 0 Å². The van der Waals surface area contributed by atoms with Crippen LogP contribution in [-0.2, 0) is 20.9 Å². The zero-order valence-electron chi connectivity index (χ0n) is 12.5. The molecule has 114 valence electrons. The van der Waals surface area contributed by atoms with Crippen molar-refractivity contribution >= 4 is 12.1 Å². The Morgan fingerprint density at radius 1 is 1.29 bits per heavy atom. The number of carbonyl (C=O) groups is 2. The zero-order chi connectivity index (χ0) is 15.2. The van der Waals surface area contributed by atoms with Crippen LogP contribution in [0.15, 0.2) is 30.3 Å². The van der Waals surface area contributed by atoms with Crippen molar-refractivity contribution < 1.29 is 19.1 Å². The first-order valence-corrected chi connectivity index (χ1v) is 7.18. The molecule has 1 fully saturated rings. The van der Waals surface area contributed by atoms with Crippen LogP contribution >= 0.6 is 0 Å². The summed E-state index contributed by atoms with van der Waals surface area (Å²) < 4.78 is 10.1. The molecular weight excluding hydrogens is 270 g/mol. The average Bonchev–Trinajstić information content (AvgIpc) is 2.53. The van der Waals surface area contributed by atoms with Crippen LogP contribution in [0.5, 0.6) is 0 Å². The van der Waals surface area contributed by atoms with Crippen molar-refractivity contribution in [2.45, 2.75) is 32.4 Å². The quantitative estimate of drug-likeness (QED) is 0.803. The molecule has 1 heterocycles. The van der Waals surface area contributed by atoms with Crippen LogP contribution in [0.1, 0.15) is 25.3 Å². The van der Waals surface area contributed by atoms with Gasteiger partial charge in [-0.2, -0.15) is 0 Å². The normalized spacial score (nSPS) is 21.7. The fourth-order valence-electron chi connectivity index (χ4n) is 2.67. The maximum absolute atomic E-state index is 12.2. The maximum atomic E-state index is 12.2. The van der Waals surface area contributed by atoms with Crippen LogP contribution in [-0.4, -0.2) is 36.7 Å². The number of hydrogen-bond acceptors (Lipinski definition) is 4. The Bertz CT molecular complexity index is 488.